The van der Waals surface area contributed by atoms with E-state index in [1.165, 1.54) is 57.8 Å². The summed E-state index contributed by atoms with van der Waals surface area (Å²) in [4.78, 5) is 0. The summed E-state index contributed by atoms with van der Waals surface area (Å²) < 4.78 is 0. The van der Waals surface area contributed by atoms with Gasteiger partial charge in [-0.1, -0.05) is 63.4 Å². The quantitative estimate of drug-likeness (QED) is 0.495. The minimum absolute atomic E-state index is 1.07. The fourth-order valence-corrected chi connectivity index (χ4v) is 2.04. The minimum atomic E-state index is 1.07. The second-order valence-corrected chi connectivity index (χ2v) is 4.59. The van der Waals surface area contributed by atoms with Crippen LogP contribution in [0, 0.1) is 11.8 Å². The van der Waals surface area contributed by atoms with Gasteiger partial charge in [0.15, 0.2) is 0 Å². The van der Waals surface area contributed by atoms with Gasteiger partial charge in [0.2, 0.25) is 0 Å². The van der Waals surface area contributed by atoms with E-state index in [2.05, 4.69) is 18.4 Å². The third kappa shape index (κ3) is 7.25. The monoisotopic (exact) mass is 204 g/mol. The van der Waals surface area contributed by atoms with E-state index < -0.39 is 0 Å². The lowest BCUT2D eigenvalue weighted by Crippen LogP contribution is -1.84. The number of hydrogen-bond donors (Lipinski definition) is 0. The molecule has 1 aliphatic carbocycles. The third-order valence-corrected chi connectivity index (χ3v) is 3.05. The first-order valence-electron chi connectivity index (χ1n) is 6.56. The van der Waals surface area contributed by atoms with Crippen molar-refractivity contribution in [2.45, 2.75) is 70.6 Å². The van der Waals surface area contributed by atoms with E-state index in [1.807, 2.05) is 0 Å². The molecule has 0 atom stereocenters. The predicted octanol–water partition coefficient (Wildman–Crippen LogP) is 4.85. The van der Waals surface area contributed by atoms with Crippen LogP contribution in [0.1, 0.15) is 70.6 Å². The summed E-state index contributed by atoms with van der Waals surface area (Å²) in [7, 11) is 0. The molecule has 0 amide bonds. The van der Waals surface area contributed by atoms with Gasteiger partial charge in [-0.25, -0.2) is 0 Å². The van der Waals surface area contributed by atoms with Gasteiger partial charge in [0.05, 0.1) is 0 Å². The Morgan fingerprint density at radius 3 is 1.93 bits per heavy atom. The summed E-state index contributed by atoms with van der Waals surface area (Å²) in [5.41, 5.74) is 1.15. The van der Waals surface area contributed by atoms with Crippen molar-refractivity contribution >= 4 is 0 Å². The molecule has 0 aromatic rings. The molecule has 0 spiro atoms. The lowest BCUT2D eigenvalue weighted by Gasteiger charge is -2.03. The summed E-state index contributed by atoms with van der Waals surface area (Å²) in [6.07, 6.45) is 14.6. The smallest absolute Gasteiger partial charge is 0.00923 e. The molecule has 0 N–H and O–H groups in total. The molecular weight excluding hydrogens is 180 g/mol. The number of allylic oxidation sites excluding steroid dienone is 1. The molecule has 0 unspecified atom stereocenters. The average Bonchev–Trinajstić information content (AvgIpc) is 2.24. The Morgan fingerprint density at radius 1 is 0.733 bits per heavy atom. The molecule has 0 saturated carbocycles. The number of rotatable bonds is 0. The van der Waals surface area contributed by atoms with E-state index in [4.69, 9.17) is 0 Å². The highest BCUT2D eigenvalue weighted by Gasteiger charge is 1.95. The highest BCUT2D eigenvalue weighted by atomic mass is 14.0. The van der Waals surface area contributed by atoms with Crippen LogP contribution in [0.15, 0.2) is 12.2 Å². The van der Waals surface area contributed by atoms with Crippen LogP contribution >= 0.6 is 0 Å². The molecule has 84 valence electrons. The van der Waals surface area contributed by atoms with Crippen LogP contribution < -0.4 is 0 Å². The van der Waals surface area contributed by atoms with E-state index in [-0.39, 0.29) is 0 Å². The Bertz CT molecular complexity index is 226. The van der Waals surface area contributed by atoms with Crippen molar-refractivity contribution in [1.82, 2.24) is 0 Å². The van der Waals surface area contributed by atoms with Gasteiger partial charge in [-0.2, -0.15) is 0 Å². The Kier molecular flexibility index (Phi) is 7.09. The Morgan fingerprint density at radius 2 is 1.27 bits per heavy atom. The zero-order valence-corrected chi connectivity index (χ0v) is 9.99. The number of hydrogen-bond acceptors (Lipinski definition) is 0. The van der Waals surface area contributed by atoms with Crippen molar-refractivity contribution in [1.29, 1.82) is 0 Å². The first-order chi connectivity index (χ1) is 7.39. The Balaban J connectivity index is 2.26. The van der Waals surface area contributed by atoms with Gasteiger partial charge >= 0.3 is 0 Å². The third-order valence-electron chi connectivity index (χ3n) is 3.05. The molecule has 0 radical (unpaired) electrons. The van der Waals surface area contributed by atoms with Crippen LogP contribution in [0.3, 0.4) is 0 Å². The maximum absolute atomic E-state index is 4.01. The van der Waals surface area contributed by atoms with Crippen molar-refractivity contribution in [3.8, 4) is 11.8 Å². The topological polar surface area (TPSA) is 0 Å². The molecule has 15 heavy (non-hydrogen) atoms. The summed E-state index contributed by atoms with van der Waals surface area (Å²) in [5, 5.41) is 0. The second-order valence-electron chi connectivity index (χ2n) is 4.59. The van der Waals surface area contributed by atoms with Crippen LogP contribution in [-0.2, 0) is 0 Å². The van der Waals surface area contributed by atoms with Gasteiger partial charge in [0.1, 0.15) is 0 Å². The molecule has 1 rings (SSSR count). The normalized spacial score (nSPS) is 21.2. The van der Waals surface area contributed by atoms with Gasteiger partial charge in [-0.15, -0.1) is 0 Å². The van der Waals surface area contributed by atoms with E-state index >= 15 is 0 Å². The largest absolute Gasteiger partial charge is 0.0983 e. The molecule has 0 bridgehead atoms. The highest BCUT2D eigenvalue weighted by Crippen LogP contribution is 2.13. The van der Waals surface area contributed by atoms with Crippen LogP contribution in [0.25, 0.3) is 0 Å². The molecular formula is C15H24. The molecule has 0 saturated heterocycles. The van der Waals surface area contributed by atoms with Crippen molar-refractivity contribution in [2.75, 3.05) is 0 Å². The molecule has 0 aliphatic heterocycles. The molecule has 0 aromatic heterocycles. The van der Waals surface area contributed by atoms with Gasteiger partial charge in [-0.05, 0) is 24.8 Å². The highest BCUT2D eigenvalue weighted by molar-refractivity contribution is 5.25. The zero-order valence-electron chi connectivity index (χ0n) is 9.99. The van der Waals surface area contributed by atoms with Crippen LogP contribution in [0.2, 0.25) is 0 Å². The minimum Gasteiger partial charge on any atom is -0.0983 e. The molecule has 0 aromatic carbocycles. The molecule has 0 heterocycles. The van der Waals surface area contributed by atoms with Gasteiger partial charge in [0.25, 0.3) is 0 Å². The van der Waals surface area contributed by atoms with Crippen molar-refractivity contribution < 1.29 is 0 Å². The predicted molar refractivity (Wildman–Crippen MR) is 67.7 cm³/mol. The summed E-state index contributed by atoms with van der Waals surface area (Å²) in [6.45, 7) is 4.01. The van der Waals surface area contributed by atoms with Crippen LogP contribution in [0.4, 0.5) is 0 Å². The summed E-state index contributed by atoms with van der Waals surface area (Å²) in [5.74, 6) is 6.43. The molecule has 0 fully saturated rings. The van der Waals surface area contributed by atoms with E-state index in [1.54, 1.807) is 0 Å². The molecule has 0 heteroatoms. The average molecular weight is 204 g/mol. The van der Waals surface area contributed by atoms with Crippen LogP contribution in [0.5, 0.6) is 0 Å². The first-order valence-corrected chi connectivity index (χ1v) is 6.56. The Hall–Kier alpha value is -0.700. The zero-order chi connectivity index (χ0) is 10.8. The molecule has 1 aliphatic rings. The SMILES string of the molecule is C=C1C#CCCCCCCCCCCC1. The van der Waals surface area contributed by atoms with E-state index in [0.29, 0.717) is 0 Å². The second kappa shape index (κ2) is 8.60. The standard InChI is InChI=1S/C15H24/c1-15-13-11-9-7-5-3-2-4-6-8-10-12-14-15/h1-11,13H2. The van der Waals surface area contributed by atoms with Gasteiger partial charge in [0, 0.05) is 6.42 Å². The van der Waals surface area contributed by atoms with Crippen molar-refractivity contribution in [3.05, 3.63) is 12.2 Å². The lowest BCUT2D eigenvalue weighted by molar-refractivity contribution is 0.560. The van der Waals surface area contributed by atoms with E-state index in [9.17, 15) is 0 Å². The Labute approximate surface area is 95.2 Å². The van der Waals surface area contributed by atoms with Crippen LogP contribution in [-0.4, -0.2) is 0 Å². The van der Waals surface area contributed by atoms with Gasteiger partial charge < -0.3 is 0 Å². The first kappa shape index (κ1) is 12.4. The molecule has 0 nitrogen and oxygen atoms in total. The lowest BCUT2D eigenvalue weighted by atomic mass is 10.0. The van der Waals surface area contributed by atoms with Crippen molar-refractivity contribution in [3.63, 3.8) is 0 Å². The maximum Gasteiger partial charge on any atom is 0.00923 e. The summed E-state index contributed by atoms with van der Waals surface area (Å²) >= 11 is 0. The summed E-state index contributed by atoms with van der Waals surface area (Å²) in [6, 6.07) is 0. The van der Waals surface area contributed by atoms with E-state index in [0.717, 1.165) is 18.4 Å². The van der Waals surface area contributed by atoms with Gasteiger partial charge in [-0.3, -0.25) is 0 Å². The fourth-order valence-electron chi connectivity index (χ4n) is 2.04. The fraction of sp³-hybridized carbons (Fsp3) is 0.733. The maximum atomic E-state index is 4.01. The van der Waals surface area contributed by atoms with Crippen molar-refractivity contribution in [2.24, 2.45) is 0 Å².